The van der Waals surface area contributed by atoms with E-state index in [1.807, 2.05) is 4.57 Å². The van der Waals surface area contributed by atoms with Crippen LogP contribution in [-0.2, 0) is 6.54 Å². The number of nitrogens with zero attached hydrogens (tertiary/aromatic N) is 4. The van der Waals surface area contributed by atoms with Crippen LogP contribution in [0.4, 0.5) is 5.82 Å². The van der Waals surface area contributed by atoms with E-state index >= 15 is 0 Å². The summed E-state index contributed by atoms with van der Waals surface area (Å²) in [6, 6.07) is 0. The summed E-state index contributed by atoms with van der Waals surface area (Å²) in [6.07, 6.45) is 4.54. The van der Waals surface area contributed by atoms with Gasteiger partial charge >= 0.3 is 0 Å². The molecular weight excluding hydrogens is 268 g/mol. The Morgan fingerprint density at radius 1 is 1.32 bits per heavy atom. The largest absolute Gasteiger partial charge is 0.388 e. The number of nitrogen functional groups attached to an aromatic ring is 1. The Labute approximate surface area is 116 Å². The molecule has 0 aliphatic carbocycles. The molecule has 4 N–H and O–H groups in total. The number of fused-ring (bicyclic) bond motifs is 1. The van der Waals surface area contributed by atoms with Gasteiger partial charge in [-0.2, -0.15) is 0 Å². The number of nitrogens with one attached hydrogen (secondary N) is 1. The molecular formula is C11H17ClN6O. The Balaban J connectivity index is 0.00000133. The molecule has 0 saturated carbocycles. The van der Waals surface area contributed by atoms with Crippen LogP contribution in [-0.4, -0.2) is 43.3 Å². The summed E-state index contributed by atoms with van der Waals surface area (Å²) in [6.45, 7) is 2.15. The van der Waals surface area contributed by atoms with E-state index in [1.165, 1.54) is 6.33 Å². The van der Waals surface area contributed by atoms with Crippen molar-refractivity contribution >= 4 is 29.4 Å². The molecule has 0 radical (unpaired) electrons. The first kappa shape index (κ1) is 14.0. The highest BCUT2D eigenvalue weighted by atomic mass is 35.5. The fourth-order valence-electron chi connectivity index (χ4n) is 2.38. The van der Waals surface area contributed by atoms with Gasteiger partial charge in [0, 0.05) is 0 Å². The molecule has 104 valence electrons. The molecule has 3 heterocycles. The molecule has 1 aliphatic rings. The number of halogens is 1. The molecule has 0 atom stereocenters. The van der Waals surface area contributed by atoms with Crippen molar-refractivity contribution < 1.29 is 5.11 Å². The van der Waals surface area contributed by atoms with Crippen molar-refractivity contribution in [1.29, 1.82) is 0 Å². The quantitative estimate of drug-likeness (QED) is 0.714. The highest BCUT2D eigenvalue weighted by molar-refractivity contribution is 5.85. The van der Waals surface area contributed by atoms with E-state index in [4.69, 9.17) is 5.73 Å². The average Bonchev–Trinajstić information content (AvgIpc) is 2.74. The van der Waals surface area contributed by atoms with Crippen LogP contribution in [0.5, 0.6) is 0 Å². The number of aliphatic hydroxyl groups is 1. The zero-order valence-electron chi connectivity index (χ0n) is 10.4. The summed E-state index contributed by atoms with van der Waals surface area (Å²) in [5.74, 6) is 0.371. The lowest BCUT2D eigenvalue weighted by atomic mass is 9.92. The van der Waals surface area contributed by atoms with Crippen LogP contribution < -0.4 is 11.1 Å². The van der Waals surface area contributed by atoms with Crippen LogP contribution in [0.3, 0.4) is 0 Å². The molecule has 0 unspecified atom stereocenters. The topological polar surface area (TPSA) is 102 Å². The van der Waals surface area contributed by atoms with Gasteiger partial charge in [0.1, 0.15) is 11.8 Å². The van der Waals surface area contributed by atoms with Crippen molar-refractivity contribution in [3.05, 3.63) is 12.7 Å². The first-order chi connectivity index (χ1) is 8.68. The minimum absolute atomic E-state index is 0. The molecule has 19 heavy (non-hydrogen) atoms. The summed E-state index contributed by atoms with van der Waals surface area (Å²) in [7, 11) is 0. The first-order valence-electron chi connectivity index (χ1n) is 6.02. The van der Waals surface area contributed by atoms with Gasteiger partial charge in [0.15, 0.2) is 11.5 Å². The van der Waals surface area contributed by atoms with Gasteiger partial charge in [0.05, 0.1) is 18.5 Å². The monoisotopic (exact) mass is 284 g/mol. The zero-order chi connectivity index (χ0) is 12.6. The van der Waals surface area contributed by atoms with E-state index in [-0.39, 0.29) is 12.4 Å². The first-order valence-corrected chi connectivity index (χ1v) is 6.02. The Bertz CT molecular complexity index is 565. The highest BCUT2D eigenvalue weighted by Crippen LogP contribution is 2.23. The van der Waals surface area contributed by atoms with Gasteiger partial charge < -0.3 is 20.7 Å². The minimum atomic E-state index is -0.696. The summed E-state index contributed by atoms with van der Waals surface area (Å²) < 4.78 is 1.85. The second-order valence-electron chi connectivity index (χ2n) is 4.78. The lowest BCUT2D eigenvalue weighted by molar-refractivity contribution is -0.00457. The second kappa shape index (κ2) is 5.28. The molecule has 0 spiro atoms. The number of rotatable bonds is 2. The SMILES string of the molecule is Cl.Nc1ncnc2c1ncn2CC1(O)CCNCC1. The van der Waals surface area contributed by atoms with Crippen molar-refractivity contribution in [3.8, 4) is 0 Å². The molecule has 3 rings (SSSR count). The molecule has 7 nitrogen and oxygen atoms in total. The van der Waals surface area contributed by atoms with Gasteiger partial charge in [-0.25, -0.2) is 15.0 Å². The fraction of sp³-hybridized carbons (Fsp3) is 0.545. The van der Waals surface area contributed by atoms with Gasteiger partial charge in [0.2, 0.25) is 0 Å². The van der Waals surface area contributed by atoms with Crippen LogP contribution in [0.25, 0.3) is 11.2 Å². The molecule has 0 bridgehead atoms. The lowest BCUT2D eigenvalue weighted by Crippen LogP contribution is -2.44. The molecule has 2 aromatic heterocycles. The van der Waals surface area contributed by atoms with Gasteiger partial charge in [-0.05, 0) is 25.9 Å². The Morgan fingerprint density at radius 2 is 2.05 bits per heavy atom. The van der Waals surface area contributed by atoms with Crippen LogP contribution >= 0.6 is 12.4 Å². The van der Waals surface area contributed by atoms with Crippen LogP contribution in [0.2, 0.25) is 0 Å². The van der Waals surface area contributed by atoms with Crippen molar-refractivity contribution in [1.82, 2.24) is 24.8 Å². The van der Waals surface area contributed by atoms with Crippen LogP contribution in [0.1, 0.15) is 12.8 Å². The van der Waals surface area contributed by atoms with Gasteiger partial charge in [-0.15, -0.1) is 12.4 Å². The molecule has 0 amide bonds. The van der Waals surface area contributed by atoms with Gasteiger partial charge in [0.25, 0.3) is 0 Å². The van der Waals surface area contributed by atoms with Gasteiger partial charge in [-0.3, -0.25) is 0 Å². The normalized spacial score (nSPS) is 18.2. The number of nitrogens with two attached hydrogens (primary N) is 1. The third-order valence-electron chi connectivity index (χ3n) is 3.43. The maximum atomic E-state index is 10.5. The smallest absolute Gasteiger partial charge is 0.165 e. The Hall–Kier alpha value is -1.44. The van der Waals surface area contributed by atoms with E-state index in [1.54, 1.807) is 6.33 Å². The second-order valence-corrected chi connectivity index (χ2v) is 4.78. The predicted octanol–water partition coefficient (Wildman–Crippen LogP) is -0.0552. The Kier molecular flexibility index (Phi) is 3.88. The zero-order valence-corrected chi connectivity index (χ0v) is 11.2. The van der Waals surface area contributed by atoms with E-state index in [0.717, 1.165) is 25.9 Å². The molecule has 2 aromatic rings. The van der Waals surface area contributed by atoms with Crippen LogP contribution in [0, 0.1) is 0 Å². The average molecular weight is 285 g/mol. The van der Waals surface area contributed by atoms with Crippen molar-refractivity contribution in [2.75, 3.05) is 18.8 Å². The molecule has 1 saturated heterocycles. The number of anilines is 1. The van der Waals surface area contributed by atoms with Gasteiger partial charge in [-0.1, -0.05) is 0 Å². The summed E-state index contributed by atoms with van der Waals surface area (Å²) >= 11 is 0. The molecule has 1 aliphatic heterocycles. The third kappa shape index (κ3) is 2.63. The summed E-state index contributed by atoms with van der Waals surface area (Å²) in [5, 5.41) is 13.7. The van der Waals surface area contributed by atoms with Crippen LogP contribution in [0.15, 0.2) is 12.7 Å². The maximum absolute atomic E-state index is 10.5. The summed E-state index contributed by atoms with van der Waals surface area (Å²) in [5.41, 5.74) is 6.31. The standard InChI is InChI=1S/C11H16N6O.ClH/c12-9-8-10(15-6-14-9)17(7-16-8)5-11(18)1-3-13-4-2-11;/h6-7,13,18H,1-5H2,(H2,12,14,15);1H. The van der Waals surface area contributed by atoms with Crippen molar-refractivity contribution in [2.24, 2.45) is 0 Å². The molecule has 1 fully saturated rings. The number of hydrogen-bond acceptors (Lipinski definition) is 6. The van der Waals surface area contributed by atoms with E-state index < -0.39 is 5.60 Å². The van der Waals surface area contributed by atoms with E-state index in [9.17, 15) is 5.11 Å². The highest BCUT2D eigenvalue weighted by Gasteiger charge is 2.30. The summed E-state index contributed by atoms with van der Waals surface area (Å²) in [4.78, 5) is 12.3. The Morgan fingerprint density at radius 3 is 2.79 bits per heavy atom. The number of aromatic nitrogens is 4. The number of piperidine rings is 1. The number of hydrogen-bond donors (Lipinski definition) is 3. The molecule has 8 heteroatoms. The lowest BCUT2D eigenvalue weighted by Gasteiger charge is -2.32. The third-order valence-corrected chi connectivity index (χ3v) is 3.43. The van der Waals surface area contributed by atoms with E-state index in [0.29, 0.717) is 23.5 Å². The van der Waals surface area contributed by atoms with E-state index in [2.05, 4.69) is 20.3 Å². The van der Waals surface area contributed by atoms with Crippen molar-refractivity contribution in [2.45, 2.75) is 25.0 Å². The number of imidazole rings is 1. The predicted molar refractivity (Wildman–Crippen MR) is 74.0 cm³/mol. The molecule has 0 aromatic carbocycles. The van der Waals surface area contributed by atoms with Crippen molar-refractivity contribution in [3.63, 3.8) is 0 Å². The minimum Gasteiger partial charge on any atom is -0.388 e. The maximum Gasteiger partial charge on any atom is 0.165 e. The fourth-order valence-corrected chi connectivity index (χ4v) is 2.38.